The van der Waals surface area contributed by atoms with Gasteiger partial charge in [0, 0.05) is 17.7 Å². The van der Waals surface area contributed by atoms with Crippen LogP contribution in [-0.2, 0) is 6.54 Å². The van der Waals surface area contributed by atoms with Crippen molar-refractivity contribution in [3.8, 4) is 11.8 Å². The molecule has 2 amide bonds. The minimum absolute atomic E-state index is 0.284. The monoisotopic (exact) mass is 385 g/mol. The molecule has 0 atom stereocenters. The maximum Gasteiger partial charge on any atom is 0.255 e. The molecule has 0 spiro atoms. The van der Waals surface area contributed by atoms with E-state index in [2.05, 4.69) is 10.6 Å². The molecule has 0 aliphatic heterocycles. The summed E-state index contributed by atoms with van der Waals surface area (Å²) in [5.74, 6) is 0.0714. The molecule has 3 aromatic carbocycles. The van der Waals surface area contributed by atoms with E-state index < -0.39 is 5.91 Å². The fourth-order valence-electron chi connectivity index (χ4n) is 2.71. The summed E-state index contributed by atoms with van der Waals surface area (Å²) in [4.78, 5) is 25.0. The van der Waals surface area contributed by atoms with E-state index in [-0.39, 0.29) is 5.91 Å². The molecule has 0 unspecified atom stereocenters. The number of nitriles is 1. The molecule has 6 heteroatoms. The van der Waals surface area contributed by atoms with Gasteiger partial charge in [0.2, 0.25) is 0 Å². The summed E-state index contributed by atoms with van der Waals surface area (Å²) < 4.78 is 5.11. The van der Waals surface area contributed by atoms with Crippen molar-refractivity contribution in [2.75, 3.05) is 12.4 Å². The number of methoxy groups -OCH3 is 1. The van der Waals surface area contributed by atoms with Gasteiger partial charge in [0.05, 0.1) is 18.4 Å². The summed E-state index contributed by atoms with van der Waals surface area (Å²) in [6.07, 6.45) is 0. The molecule has 29 heavy (non-hydrogen) atoms. The van der Waals surface area contributed by atoms with Gasteiger partial charge in [0.15, 0.2) is 0 Å². The Balaban J connectivity index is 1.67. The third-order valence-electron chi connectivity index (χ3n) is 4.29. The highest BCUT2D eigenvalue weighted by Crippen LogP contribution is 2.16. The van der Waals surface area contributed by atoms with Crippen molar-refractivity contribution >= 4 is 17.5 Å². The van der Waals surface area contributed by atoms with Crippen LogP contribution in [0.15, 0.2) is 72.8 Å². The second-order valence-electron chi connectivity index (χ2n) is 6.22. The van der Waals surface area contributed by atoms with Crippen LogP contribution in [0.1, 0.15) is 31.8 Å². The van der Waals surface area contributed by atoms with Crippen molar-refractivity contribution in [2.45, 2.75) is 6.54 Å². The third-order valence-corrected chi connectivity index (χ3v) is 4.29. The van der Waals surface area contributed by atoms with E-state index in [4.69, 9.17) is 10.00 Å². The average Bonchev–Trinajstić information content (AvgIpc) is 2.78. The van der Waals surface area contributed by atoms with Gasteiger partial charge < -0.3 is 15.4 Å². The molecule has 0 aromatic heterocycles. The molecule has 0 aliphatic carbocycles. The number of rotatable bonds is 6. The van der Waals surface area contributed by atoms with Crippen LogP contribution in [0.3, 0.4) is 0 Å². The molecular weight excluding hydrogens is 366 g/mol. The van der Waals surface area contributed by atoms with Gasteiger partial charge in [0.1, 0.15) is 11.8 Å². The lowest BCUT2D eigenvalue weighted by Gasteiger charge is -2.09. The number of nitrogens with zero attached hydrogens (tertiary/aromatic N) is 1. The summed E-state index contributed by atoms with van der Waals surface area (Å²) in [5.41, 5.74) is 2.43. The van der Waals surface area contributed by atoms with Gasteiger partial charge in [-0.1, -0.05) is 30.3 Å². The number of para-hydroxylation sites is 1. The summed E-state index contributed by atoms with van der Waals surface area (Å²) in [7, 11) is 1.60. The zero-order valence-electron chi connectivity index (χ0n) is 15.8. The van der Waals surface area contributed by atoms with Crippen LogP contribution in [0, 0.1) is 11.3 Å². The molecular formula is C23H19N3O3. The Hall–Kier alpha value is -4.11. The van der Waals surface area contributed by atoms with Crippen molar-refractivity contribution in [1.29, 1.82) is 5.26 Å². The molecule has 0 saturated heterocycles. The van der Waals surface area contributed by atoms with E-state index in [0.717, 1.165) is 11.3 Å². The van der Waals surface area contributed by atoms with Crippen LogP contribution in [-0.4, -0.2) is 18.9 Å². The zero-order chi connectivity index (χ0) is 20.6. The predicted octanol–water partition coefficient (Wildman–Crippen LogP) is 3.75. The topological polar surface area (TPSA) is 91.2 Å². The molecule has 144 valence electrons. The lowest BCUT2D eigenvalue weighted by Crippen LogP contribution is -2.23. The average molecular weight is 385 g/mol. The Morgan fingerprint density at radius 3 is 2.31 bits per heavy atom. The standard InChI is InChI=1S/C23H19N3O3/c1-29-20-11-9-16(10-12-20)15-25-22(27)17-6-4-7-18(13-17)23(28)26-21-8-3-2-5-19(21)14-24/h2-13H,15H2,1H3,(H,25,27)(H,26,28). The minimum Gasteiger partial charge on any atom is -0.497 e. The number of carbonyl (C=O) groups is 2. The molecule has 0 heterocycles. The molecule has 3 rings (SSSR count). The second-order valence-corrected chi connectivity index (χ2v) is 6.22. The van der Waals surface area contributed by atoms with Gasteiger partial charge in [0.25, 0.3) is 11.8 Å². The predicted molar refractivity (Wildman–Crippen MR) is 110 cm³/mol. The largest absolute Gasteiger partial charge is 0.497 e. The van der Waals surface area contributed by atoms with Crippen molar-refractivity contribution < 1.29 is 14.3 Å². The van der Waals surface area contributed by atoms with E-state index in [1.165, 1.54) is 6.07 Å². The number of hydrogen-bond acceptors (Lipinski definition) is 4. The number of carbonyl (C=O) groups excluding carboxylic acids is 2. The zero-order valence-corrected chi connectivity index (χ0v) is 15.8. The number of anilines is 1. The van der Waals surface area contributed by atoms with Gasteiger partial charge >= 0.3 is 0 Å². The first-order valence-electron chi connectivity index (χ1n) is 8.92. The molecule has 0 aliphatic rings. The molecule has 6 nitrogen and oxygen atoms in total. The van der Waals surface area contributed by atoms with Gasteiger partial charge in [-0.25, -0.2) is 0 Å². The first kappa shape index (κ1) is 19.6. The Morgan fingerprint density at radius 2 is 1.62 bits per heavy atom. The quantitative estimate of drug-likeness (QED) is 0.676. The van der Waals surface area contributed by atoms with Crippen LogP contribution in [0.4, 0.5) is 5.69 Å². The van der Waals surface area contributed by atoms with Gasteiger partial charge in [-0.3, -0.25) is 9.59 Å². The Bertz CT molecular complexity index is 1070. The summed E-state index contributed by atoms with van der Waals surface area (Å²) >= 11 is 0. The fourth-order valence-corrected chi connectivity index (χ4v) is 2.71. The van der Waals surface area contributed by atoms with Gasteiger partial charge in [-0.15, -0.1) is 0 Å². The molecule has 2 N–H and O–H groups in total. The van der Waals surface area contributed by atoms with Crippen molar-refractivity contribution in [1.82, 2.24) is 5.32 Å². The van der Waals surface area contributed by atoms with Crippen LogP contribution >= 0.6 is 0 Å². The van der Waals surface area contributed by atoms with E-state index >= 15 is 0 Å². The van der Waals surface area contributed by atoms with Gasteiger partial charge in [-0.05, 0) is 48.0 Å². The smallest absolute Gasteiger partial charge is 0.255 e. The van der Waals surface area contributed by atoms with E-state index in [0.29, 0.717) is 28.9 Å². The third kappa shape index (κ3) is 4.99. The van der Waals surface area contributed by atoms with E-state index in [1.807, 2.05) is 30.3 Å². The van der Waals surface area contributed by atoms with Crippen LogP contribution < -0.4 is 15.4 Å². The van der Waals surface area contributed by atoms with Crippen LogP contribution in [0.2, 0.25) is 0 Å². The highest BCUT2D eigenvalue weighted by Gasteiger charge is 2.12. The molecule has 0 fully saturated rings. The van der Waals surface area contributed by atoms with Gasteiger partial charge in [-0.2, -0.15) is 5.26 Å². The SMILES string of the molecule is COc1ccc(CNC(=O)c2cccc(C(=O)Nc3ccccc3C#N)c2)cc1. The van der Waals surface area contributed by atoms with E-state index in [9.17, 15) is 9.59 Å². The summed E-state index contributed by atoms with van der Waals surface area (Å²) in [5, 5.41) is 14.7. The summed E-state index contributed by atoms with van der Waals surface area (Å²) in [6.45, 7) is 0.356. The number of nitrogens with one attached hydrogen (secondary N) is 2. The molecule has 0 radical (unpaired) electrons. The van der Waals surface area contributed by atoms with Crippen molar-refractivity contribution in [3.63, 3.8) is 0 Å². The molecule has 0 bridgehead atoms. The first-order chi connectivity index (χ1) is 14.1. The minimum atomic E-state index is -0.391. The second kappa shape index (κ2) is 9.20. The van der Waals surface area contributed by atoms with Crippen molar-refractivity contribution in [3.05, 3.63) is 95.1 Å². The Morgan fingerprint density at radius 1 is 0.931 bits per heavy atom. The Labute approximate surface area is 168 Å². The lowest BCUT2D eigenvalue weighted by molar-refractivity contribution is 0.0951. The number of benzene rings is 3. The van der Waals surface area contributed by atoms with E-state index in [1.54, 1.807) is 49.6 Å². The molecule has 0 saturated carbocycles. The maximum absolute atomic E-state index is 12.5. The Kier molecular flexibility index (Phi) is 6.23. The fraction of sp³-hybridized carbons (Fsp3) is 0.0870. The van der Waals surface area contributed by atoms with Crippen molar-refractivity contribution in [2.24, 2.45) is 0 Å². The van der Waals surface area contributed by atoms with Crippen LogP contribution in [0.25, 0.3) is 0 Å². The number of hydrogen-bond donors (Lipinski definition) is 2. The highest BCUT2D eigenvalue weighted by molar-refractivity contribution is 6.06. The highest BCUT2D eigenvalue weighted by atomic mass is 16.5. The van der Waals surface area contributed by atoms with Crippen LogP contribution in [0.5, 0.6) is 5.75 Å². The summed E-state index contributed by atoms with van der Waals surface area (Å²) in [6, 6.07) is 22.6. The molecule has 3 aromatic rings. The lowest BCUT2D eigenvalue weighted by atomic mass is 10.1. The first-order valence-corrected chi connectivity index (χ1v) is 8.92. The maximum atomic E-state index is 12.5. The normalized spacial score (nSPS) is 9.93. The number of ether oxygens (including phenoxy) is 1. The number of amides is 2.